The molecule has 0 radical (unpaired) electrons. The van der Waals surface area contributed by atoms with E-state index >= 15 is 0 Å². The number of carbonyl (C=O) groups is 2. The van der Waals surface area contributed by atoms with Crippen molar-refractivity contribution in [3.8, 4) is 6.01 Å². The van der Waals surface area contributed by atoms with Crippen LogP contribution in [0, 0.1) is 0 Å². The number of nitrogens with one attached hydrogen (secondary N) is 1. The van der Waals surface area contributed by atoms with Crippen molar-refractivity contribution in [2.45, 2.75) is 88.1 Å². The number of hydrogen-bond donors (Lipinski definition) is 1. The van der Waals surface area contributed by atoms with Gasteiger partial charge in [-0.25, -0.2) is 4.79 Å². The highest BCUT2D eigenvalue weighted by atomic mass is 19.4. The number of likely N-dealkylation sites (tertiary alicyclic amines) is 1. The summed E-state index contributed by atoms with van der Waals surface area (Å²) < 4.78 is 90.8. The number of piperidine rings is 1. The summed E-state index contributed by atoms with van der Waals surface area (Å²) in [5.41, 5.74) is 0.486. The number of fused-ring (bicyclic) bond motifs is 3. The van der Waals surface area contributed by atoms with Gasteiger partial charge in [-0.05, 0) is 45.7 Å². The Balaban J connectivity index is 1.25. The van der Waals surface area contributed by atoms with Crippen LogP contribution in [0.2, 0.25) is 0 Å². The predicted molar refractivity (Wildman–Crippen MR) is 151 cm³/mol. The molecule has 0 aliphatic carbocycles. The van der Waals surface area contributed by atoms with E-state index in [0.717, 1.165) is 0 Å². The third-order valence-corrected chi connectivity index (χ3v) is 8.25. The van der Waals surface area contributed by atoms with Crippen LogP contribution in [-0.4, -0.2) is 123 Å². The van der Waals surface area contributed by atoms with Crippen molar-refractivity contribution in [1.29, 1.82) is 0 Å². The molecule has 254 valence electrons. The molecule has 3 saturated heterocycles. The second-order valence-corrected chi connectivity index (χ2v) is 12.4. The van der Waals surface area contributed by atoms with Gasteiger partial charge in [0.2, 0.25) is 11.9 Å². The molecule has 46 heavy (non-hydrogen) atoms. The quantitative estimate of drug-likeness (QED) is 0.314. The molecule has 1 N–H and O–H groups in total. The minimum absolute atomic E-state index is 0.01000. The highest BCUT2D eigenvalue weighted by Gasteiger charge is 2.59. The molecule has 3 aliphatic rings. The lowest BCUT2D eigenvalue weighted by atomic mass is 9.98. The number of alkyl halides is 6. The summed E-state index contributed by atoms with van der Waals surface area (Å²) in [7, 11) is 3.78. The number of nitrogens with zero attached hydrogens (tertiary/aromatic N) is 7. The monoisotopic (exact) mass is 662 g/mol. The van der Waals surface area contributed by atoms with Crippen LogP contribution in [0.4, 0.5) is 37.1 Å². The highest BCUT2D eigenvalue weighted by molar-refractivity contribution is 5.88. The third-order valence-electron chi connectivity index (χ3n) is 8.25. The van der Waals surface area contributed by atoms with E-state index in [1.807, 2.05) is 19.0 Å². The summed E-state index contributed by atoms with van der Waals surface area (Å²) in [6, 6.07) is -1.87. The van der Waals surface area contributed by atoms with Crippen molar-refractivity contribution in [1.82, 2.24) is 34.3 Å². The first kappa shape index (κ1) is 33.5. The second-order valence-electron chi connectivity index (χ2n) is 12.4. The first-order chi connectivity index (χ1) is 21.5. The van der Waals surface area contributed by atoms with Gasteiger partial charge >= 0.3 is 24.5 Å². The van der Waals surface area contributed by atoms with Gasteiger partial charge in [-0.15, -0.1) is 0 Å². The Morgan fingerprint density at radius 2 is 1.70 bits per heavy atom. The van der Waals surface area contributed by atoms with Crippen LogP contribution in [0.3, 0.4) is 0 Å². The van der Waals surface area contributed by atoms with Crippen LogP contribution in [0.15, 0.2) is 18.3 Å². The Morgan fingerprint density at radius 3 is 2.26 bits per heavy atom. The van der Waals surface area contributed by atoms with Crippen LogP contribution in [0.5, 0.6) is 6.01 Å². The molecule has 18 heteroatoms. The van der Waals surface area contributed by atoms with Crippen molar-refractivity contribution in [2.24, 2.45) is 0 Å². The molecule has 2 amide bonds. The number of aromatic nitrogens is 4. The molecule has 5 rings (SSSR count). The number of rotatable bonds is 9. The lowest BCUT2D eigenvalue weighted by molar-refractivity contribution is -0.301. The molecule has 0 saturated carbocycles. The van der Waals surface area contributed by atoms with Gasteiger partial charge in [0.25, 0.3) is 6.10 Å². The maximum Gasteiger partial charge on any atom is 0.434 e. The van der Waals surface area contributed by atoms with Gasteiger partial charge in [0.1, 0.15) is 6.10 Å². The van der Waals surface area contributed by atoms with Crippen LogP contribution in [0.1, 0.15) is 51.0 Å². The van der Waals surface area contributed by atoms with E-state index < -0.39 is 36.7 Å². The second kappa shape index (κ2) is 12.8. The lowest BCUT2D eigenvalue weighted by Gasteiger charge is -2.42. The lowest BCUT2D eigenvalue weighted by Crippen LogP contribution is -2.57. The largest absolute Gasteiger partial charge is 0.442 e. The standard InChI is InChI=1S/C28H36F6N8O4/c1-15(2)20-12-35-42-22(20)37-25(46-23(27(29,30)31)28(32,33)34)38-24(42)36-16-10-17-7-8-18(11-16)41(17)26(44)45-19-13-40(14-19)21(43)6-5-9-39(3)4/h5-6,12,15-19,23H,7-11,13-14H2,1-4H3,(H,36,37,38)/b6-5+. The van der Waals surface area contributed by atoms with E-state index in [9.17, 15) is 35.9 Å². The summed E-state index contributed by atoms with van der Waals surface area (Å²) in [4.78, 5) is 38.3. The molecular weight excluding hydrogens is 626 g/mol. The van der Waals surface area contributed by atoms with E-state index in [1.165, 1.54) is 16.8 Å². The fraction of sp³-hybridized carbons (Fsp3) is 0.679. The van der Waals surface area contributed by atoms with Crippen molar-refractivity contribution in [3.05, 3.63) is 23.9 Å². The van der Waals surface area contributed by atoms with Crippen molar-refractivity contribution in [2.75, 3.05) is 39.0 Å². The summed E-state index contributed by atoms with van der Waals surface area (Å²) in [5.74, 6) is -0.493. The molecule has 2 unspecified atom stereocenters. The van der Waals surface area contributed by atoms with E-state index in [-0.39, 0.29) is 41.5 Å². The van der Waals surface area contributed by atoms with Crippen LogP contribution < -0.4 is 10.1 Å². The summed E-state index contributed by atoms with van der Waals surface area (Å²) in [6.07, 6.45) is -9.62. The van der Waals surface area contributed by atoms with E-state index in [0.29, 0.717) is 50.9 Å². The third kappa shape index (κ3) is 7.25. The van der Waals surface area contributed by atoms with Crippen LogP contribution in [0.25, 0.3) is 5.65 Å². The van der Waals surface area contributed by atoms with E-state index in [1.54, 1.807) is 29.7 Å². The normalized spacial score (nSPS) is 22.4. The number of hydrogen-bond acceptors (Lipinski definition) is 9. The Kier molecular flexibility index (Phi) is 9.30. The van der Waals surface area contributed by atoms with Gasteiger partial charge in [0.05, 0.1) is 19.3 Å². The summed E-state index contributed by atoms with van der Waals surface area (Å²) in [6.45, 7) is 4.76. The zero-order valence-corrected chi connectivity index (χ0v) is 25.7. The summed E-state index contributed by atoms with van der Waals surface area (Å²) in [5, 5.41) is 7.33. The number of amides is 2. The van der Waals surface area contributed by atoms with Crippen LogP contribution in [-0.2, 0) is 9.53 Å². The molecule has 2 atom stereocenters. The maximum atomic E-state index is 13.3. The van der Waals surface area contributed by atoms with Gasteiger partial charge in [-0.1, -0.05) is 19.9 Å². The fourth-order valence-corrected chi connectivity index (χ4v) is 5.99. The van der Waals surface area contributed by atoms with Gasteiger partial charge in [0, 0.05) is 36.3 Å². The molecule has 2 aromatic rings. The Hall–Kier alpha value is -3.83. The Labute approximate surface area is 260 Å². The molecule has 0 aromatic carbocycles. The molecule has 3 aliphatic heterocycles. The minimum atomic E-state index is -5.75. The molecule has 12 nitrogen and oxygen atoms in total. The number of likely N-dealkylation sites (N-methyl/N-ethyl adjacent to an activating group) is 1. The van der Waals surface area contributed by atoms with E-state index in [4.69, 9.17) is 4.74 Å². The number of anilines is 1. The highest BCUT2D eigenvalue weighted by Crippen LogP contribution is 2.39. The summed E-state index contributed by atoms with van der Waals surface area (Å²) >= 11 is 0. The molecule has 3 fully saturated rings. The molecule has 0 spiro atoms. The Bertz CT molecular complexity index is 1430. The predicted octanol–water partition coefficient (Wildman–Crippen LogP) is 3.99. The first-order valence-corrected chi connectivity index (χ1v) is 14.9. The molecule has 2 bridgehead atoms. The molecule has 2 aromatic heterocycles. The average molecular weight is 663 g/mol. The van der Waals surface area contributed by atoms with Gasteiger partial charge < -0.3 is 29.5 Å². The average Bonchev–Trinajstić information content (AvgIpc) is 3.46. The van der Waals surface area contributed by atoms with Gasteiger partial charge in [-0.3, -0.25) is 4.79 Å². The molecule has 5 heterocycles. The van der Waals surface area contributed by atoms with Crippen molar-refractivity contribution < 1.29 is 45.4 Å². The van der Waals surface area contributed by atoms with Gasteiger partial charge in [-0.2, -0.15) is 45.9 Å². The number of carbonyl (C=O) groups excluding carboxylic acids is 2. The zero-order chi connectivity index (χ0) is 33.6. The number of ether oxygens (including phenoxy) is 2. The van der Waals surface area contributed by atoms with Gasteiger partial charge in [0.15, 0.2) is 5.65 Å². The van der Waals surface area contributed by atoms with Crippen molar-refractivity contribution in [3.63, 3.8) is 0 Å². The molecular formula is C28H36F6N8O4. The minimum Gasteiger partial charge on any atom is -0.442 e. The van der Waals surface area contributed by atoms with E-state index in [2.05, 4.69) is 25.1 Å². The zero-order valence-electron chi connectivity index (χ0n) is 25.7. The number of halogens is 6. The van der Waals surface area contributed by atoms with Crippen LogP contribution >= 0.6 is 0 Å². The Morgan fingerprint density at radius 1 is 1.07 bits per heavy atom. The van der Waals surface area contributed by atoms with Crippen molar-refractivity contribution >= 4 is 23.6 Å². The smallest absolute Gasteiger partial charge is 0.434 e. The fourth-order valence-electron chi connectivity index (χ4n) is 5.99. The SMILES string of the molecule is CC(C)c1cnn2c(NC3CC4CCC(C3)N4C(=O)OC3CN(C(=O)/C=C/CN(C)C)C3)nc(OC(C(F)(F)F)C(F)(F)F)nc12. The maximum absolute atomic E-state index is 13.3. The topological polar surface area (TPSA) is 117 Å². The first-order valence-electron chi connectivity index (χ1n) is 14.9.